The molecule has 0 saturated carbocycles. The van der Waals surface area contributed by atoms with Gasteiger partial charge in [-0.2, -0.15) is 10.5 Å². The Hall–Kier alpha value is -1.45. The molecule has 0 aliphatic rings. The monoisotopic (exact) mass is 179 g/mol. The SMILES string of the molecule is CCn1c(C#N)cc(C#N)c1Cl. The summed E-state index contributed by atoms with van der Waals surface area (Å²) in [5.41, 5.74) is 0.786. The summed E-state index contributed by atoms with van der Waals surface area (Å²) in [6.07, 6.45) is 0. The third-order valence-electron chi connectivity index (χ3n) is 1.58. The molecule has 0 radical (unpaired) electrons. The van der Waals surface area contributed by atoms with Crippen molar-refractivity contribution in [2.75, 3.05) is 0 Å². The Morgan fingerprint density at radius 1 is 1.50 bits per heavy atom. The van der Waals surface area contributed by atoms with Crippen molar-refractivity contribution in [3.8, 4) is 12.1 Å². The maximum Gasteiger partial charge on any atom is 0.127 e. The van der Waals surface area contributed by atoms with Crippen molar-refractivity contribution in [1.29, 1.82) is 10.5 Å². The number of hydrogen-bond acceptors (Lipinski definition) is 2. The Kier molecular flexibility index (Phi) is 2.38. The highest BCUT2D eigenvalue weighted by atomic mass is 35.5. The van der Waals surface area contributed by atoms with Gasteiger partial charge in [-0.15, -0.1) is 0 Å². The van der Waals surface area contributed by atoms with E-state index in [0.29, 0.717) is 23.0 Å². The molecule has 60 valence electrons. The van der Waals surface area contributed by atoms with Crippen molar-refractivity contribution in [3.05, 3.63) is 22.5 Å². The van der Waals surface area contributed by atoms with Crippen molar-refractivity contribution in [3.63, 3.8) is 0 Å². The Morgan fingerprint density at radius 3 is 2.50 bits per heavy atom. The van der Waals surface area contributed by atoms with Gasteiger partial charge in [0, 0.05) is 6.54 Å². The molecule has 1 heterocycles. The van der Waals surface area contributed by atoms with E-state index in [9.17, 15) is 0 Å². The minimum atomic E-state index is 0.344. The minimum absolute atomic E-state index is 0.344. The molecule has 0 N–H and O–H groups in total. The van der Waals surface area contributed by atoms with Gasteiger partial charge in [-0.3, -0.25) is 0 Å². The van der Waals surface area contributed by atoms with E-state index in [1.807, 2.05) is 19.1 Å². The van der Waals surface area contributed by atoms with Gasteiger partial charge in [-0.05, 0) is 13.0 Å². The van der Waals surface area contributed by atoms with Crippen molar-refractivity contribution < 1.29 is 0 Å². The Bertz CT molecular complexity index is 378. The fourth-order valence-electron chi connectivity index (χ4n) is 1.01. The Balaban J connectivity index is 3.37. The first kappa shape index (κ1) is 8.64. The van der Waals surface area contributed by atoms with Crippen LogP contribution in [0.25, 0.3) is 0 Å². The smallest absolute Gasteiger partial charge is 0.127 e. The molecule has 12 heavy (non-hydrogen) atoms. The summed E-state index contributed by atoms with van der Waals surface area (Å²) in [5.74, 6) is 0. The molecule has 0 amide bonds. The van der Waals surface area contributed by atoms with E-state index < -0.39 is 0 Å². The quantitative estimate of drug-likeness (QED) is 0.661. The van der Waals surface area contributed by atoms with E-state index in [-0.39, 0.29) is 0 Å². The van der Waals surface area contributed by atoms with Gasteiger partial charge in [-0.1, -0.05) is 11.6 Å². The third-order valence-corrected chi connectivity index (χ3v) is 1.99. The van der Waals surface area contributed by atoms with Crippen molar-refractivity contribution in [2.45, 2.75) is 13.5 Å². The normalized spacial score (nSPS) is 9.00. The molecule has 0 unspecified atom stereocenters. The molecule has 1 aromatic heterocycles. The molecule has 0 saturated heterocycles. The fraction of sp³-hybridized carbons (Fsp3) is 0.250. The molecule has 0 fully saturated rings. The second-order valence-electron chi connectivity index (χ2n) is 2.20. The van der Waals surface area contributed by atoms with Crippen molar-refractivity contribution >= 4 is 11.6 Å². The van der Waals surface area contributed by atoms with Gasteiger partial charge in [0.25, 0.3) is 0 Å². The highest BCUT2D eigenvalue weighted by Crippen LogP contribution is 2.19. The predicted octanol–water partition coefficient (Wildman–Crippen LogP) is 1.90. The maximum atomic E-state index is 8.64. The van der Waals surface area contributed by atoms with Crippen LogP contribution in [0.3, 0.4) is 0 Å². The minimum Gasteiger partial charge on any atom is -0.323 e. The van der Waals surface area contributed by atoms with Gasteiger partial charge in [0.05, 0.1) is 5.56 Å². The summed E-state index contributed by atoms with van der Waals surface area (Å²) in [7, 11) is 0. The van der Waals surface area contributed by atoms with Crippen LogP contribution in [0.2, 0.25) is 5.15 Å². The van der Waals surface area contributed by atoms with E-state index in [2.05, 4.69) is 0 Å². The molecule has 0 bridgehead atoms. The Morgan fingerprint density at radius 2 is 2.17 bits per heavy atom. The lowest BCUT2D eigenvalue weighted by Crippen LogP contribution is -1.96. The number of halogens is 1. The molecule has 0 aromatic carbocycles. The van der Waals surface area contributed by atoms with Crippen LogP contribution in [0.15, 0.2) is 6.07 Å². The fourth-order valence-corrected chi connectivity index (χ4v) is 1.31. The number of hydrogen-bond donors (Lipinski definition) is 0. The summed E-state index contributed by atoms with van der Waals surface area (Å²) in [6.45, 7) is 2.47. The van der Waals surface area contributed by atoms with E-state index in [1.54, 1.807) is 4.57 Å². The predicted molar refractivity (Wildman–Crippen MR) is 44.5 cm³/mol. The number of nitrogens with zero attached hydrogens (tertiary/aromatic N) is 3. The zero-order valence-electron chi connectivity index (χ0n) is 6.50. The van der Waals surface area contributed by atoms with E-state index in [1.165, 1.54) is 6.07 Å². The molecule has 0 aliphatic heterocycles. The summed E-state index contributed by atoms with van der Waals surface area (Å²) in [6, 6.07) is 5.38. The molecular weight excluding hydrogens is 174 g/mol. The summed E-state index contributed by atoms with van der Waals surface area (Å²) in [4.78, 5) is 0. The average molecular weight is 180 g/mol. The topological polar surface area (TPSA) is 52.5 Å². The largest absolute Gasteiger partial charge is 0.323 e. The first-order valence-corrected chi connectivity index (χ1v) is 3.81. The molecule has 0 spiro atoms. The summed E-state index contributed by atoms with van der Waals surface area (Å²) in [5, 5.41) is 17.6. The first-order chi connectivity index (χ1) is 5.74. The maximum absolute atomic E-state index is 8.64. The van der Waals surface area contributed by atoms with Crippen LogP contribution in [0.1, 0.15) is 18.2 Å². The van der Waals surface area contributed by atoms with Crippen LogP contribution in [0, 0.1) is 22.7 Å². The van der Waals surface area contributed by atoms with Crippen LogP contribution >= 0.6 is 11.6 Å². The van der Waals surface area contributed by atoms with E-state index in [4.69, 9.17) is 22.1 Å². The number of nitriles is 2. The molecule has 3 nitrogen and oxygen atoms in total. The van der Waals surface area contributed by atoms with Gasteiger partial charge in [0.2, 0.25) is 0 Å². The van der Waals surface area contributed by atoms with Crippen LogP contribution in [-0.2, 0) is 6.54 Å². The van der Waals surface area contributed by atoms with Crippen LogP contribution < -0.4 is 0 Å². The molecule has 1 aromatic rings. The van der Waals surface area contributed by atoms with E-state index >= 15 is 0 Å². The summed E-state index contributed by atoms with van der Waals surface area (Å²) < 4.78 is 1.60. The average Bonchev–Trinajstić information content (AvgIpc) is 2.41. The third kappa shape index (κ3) is 1.15. The zero-order valence-corrected chi connectivity index (χ0v) is 7.26. The number of rotatable bonds is 1. The van der Waals surface area contributed by atoms with Gasteiger partial charge >= 0.3 is 0 Å². The lowest BCUT2D eigenvalue weighted by atomic mass is 10.3. The van der Waals surface area contributed by atoms with Gasteiger partial charge < -0.3 is 4.57 Å². The molecular formula is C8H6ClN3. The second kappa shape index (κ2) is 3.30. The van der Waals surface area contributed by atoms with E-state index in [0.717, 1.165) is 0 Å². The Labute approximate surface area is 75.4 Å². The highest BCUT2D eigenvalue weighted by Gasteiger charge is 2.10. The molecule has 0 atom stereocenters. The van der Waals surface area contributed by atoms with Gasteiger partial charge in [0.15, 0.2) is 0 Å². The molecule has 0 aliphatic carbocycles. The highest BCUT2D eigenvalue weighted by molar-refractivity contribution is 6.30. The molecule has 1 rings (SSSR count). The lowest BCUT2D eigenvalue weighted by Gasteiger charge is -1.99. The van der Waals surface area contributed by atoms with Crippen LogP contribution in [0.5, 0.6) is 0 Å². The van der Waals surface area contributed by atoms with Crippen molar-refractivity contribution in [2.24, 2.45) is 0 Å². The lowest BCUT2D eigenvalue weighted by molar-refractivity contribution is 0.758. The van der Waals surface area contributed by atoms with Crippen LogP contribution in [0.4, 0.5) is 0 Å². The molecule has 4 heteroatoms. The van der Waals surface area contributed by atoms with Gasteiger partial charge in [0.1, 0.15) is 23.0 Å². The zero-order chi connectivity index (χ0) is 9.14. The van der Waals surface area contributed by atoms with Crippen LogP contribution in [-0.4, -0.2) is 4.57 Å². The first-order valence-electron chi connectivity index (χ1n) is 3.43. The summed E-state index contributed by atoms with van der Waals surface area (Å²) >= 11 is 5.80. The number of aromatic nitrogens is 1. The standard InChI is InChI=1S/C8H6ClN3/c1-2-12-7(5-11)3-6(4-10)8(12)9/h3H,2H2,1H3. The second-order valence-corrected chi connectivity index (χ2v) is 2.56. The van der Waals surface area contributed by atoms with Gasteiger partial charge in [-0.25, -0.2) is 0 Å². The van der Waals surface area contributed by atoms with Crippen molar-refractivity contribution in [1.82, 2.24) is 4.57 Å².